The number of aryl methyl sites for hydroxylation is 1. The lowest BCUT2D eigenvalue weighted by Crippen LogP contribution is -2.32. The molecule has 1 fully saturated rings. The highest BCUT2D eigenvalue weighted by molar-refractivity contribution is 7.99. The molecule has 0 spiro atoms. The lowest BCUT2D eigenvalue weighted by molar-refractivity contribution is -0.119. The molecule has 4 rings (SSSR count). The average molecular weight is 329 g/mol. The van der Waals surface area contributed by atoms with Gasteiger partial charge in [-0.1, -0.05) is 36.0 Å². The van der Waals surface area contributed by atoms with Crippen LogP contribution >= 0.6 is 11.8 Å². The first-order valence-electron chi connectivity index (χ1n) is 8.13. The van der Waals surface area contributed by atoms with Crippen LogP contribution in [0, 0.1) is 0 Å². The Bertz CT molecular complexity index is 711. The van der Waals surface area contributed by atoms with Gasteiger partial charge in [-0.15, -0.1) is 10.2 Å². The van der Waals surface area contributed by atoms with Crippen LogP contribution < -0.4 is 5.32 Å². The molecule has 0 radical (unpaired) electrons. The smallest absolute Gasteiger partial charge is 0.277 e. The number of carbonyl (C=O) groups is 1. The van der Waals surface area contributed by atoms with E-state index in [1.165, 1.54) is 22.9 Å². The van der Waals surface area contributed by atoms with Crippen molar-refractivity contribution < 1.29 is 9.21 Å². The van der Waals surface area contributed by atoms with E-state index in [0.717, 1.165) is 32.1 Å². The topological polar surface area (TPSA) is 68.0 Å². The highest BCUT2D eigenvalue weighted by atomic mass is 32.2. The van der Waals surface area contributed by atoms with Gasteiger partial charge in [0.2, 0.25) is 11.8 Å². The molecule has 23 heavy (non-hydrogen) atoms. The molecule has 1 saturated carbocycles. The van der Waals surface area contributed by atoms with Crippen molar-refractivity contribution in [2.24, 2.45) is 0 Å². The molecule has 2 aliphatic carbocycles. The Balaban J connectivity index is 1.33. The van der Waals surface area contributed by atoms with Gasteiger partial charge < -0.3 is 9.73 Å². The fourth-order valence-electron chi connectivity index (χ4n) is 3.04. The number of thioether (sulfide) groups is 1. The van der Waals surface area contributed by atoms with Gasteiger partial charge in [0, 0.05) is 5.92 Å². The van der Waals surface area contributed by atoms with Crippen molar-refractivity contribution in [1.29, 1.82) is 0 Å². The number of nitrogens with one attached hydrogen (secondary N) is 1. The minimum atomic E-state index is 0.0166. The van der Waals surface area contributed by atoms with Gasteiger partial charge in [-0.05, 0) is 43.2 Å². The third kappa shape index (κ3) is 3.42. The van der Waals surface area contributed by atoms with E-state index < -0.39 is 0 Å². The molecule has 1 N–H and O–H groups in total. The number of benzene rings is 1. The summed E-state index contributed by atoms with van der Waals surface area (Å²) in [4.78, 5) is 12.2. The summed E-state index contributed by atoms with van der Waals surface area (Å²) < 4.78 is 5.56. The van der Waals surface area contributed by atoms with Gasteiger partial charge in [-0.25, -0.2) is 0 Å². The molecule has 1 aromatic carbocycles. The Morgan fingerprint density at radius 2 is 2.13 bits per heavy atom. The summed E-state index contributed by atoms with van der Waals surface area (Å²) in [7, 11) is 0. The molecule has 0 aliphatic heterocycles. The Kier molecular flexibility index (Phi) is 4.08. The Morgan fingerprint density at radius 1 is 1.26 bits per heavy atom. The zero-order valence-corrected chi connectivity index (χ0v) is 13.6. The normalized spacial score (nSPS) is 20.1. The second-order valence-electron chi connectivity index (χ2n) is 6.18. The maximum atomic E-state index is 12.2. The van der Waals surface area contributed by atoms with E-state index in [-0.39, 0.29) is 11.9 Å². The number of carbonyl (C=O) groups excluding carboxylic acids is 1. The second-order valence-corrected chi connectivity index (χ2v) is 7.11. The molecule has 2 aromatic rings. The predicted molar refractivity (Wildman–Crippen MR) is 87.3 cm³/mol. The van der Waals surface area contributed by atoms with Crippen LogP contribution in [0.3, 0.4) is 0 Å². The van der Waals surface area contributed by atoms with Gasteiger partial charge in [0.15, 0.2) is 0 Å². The van der Waals surface area contributed by atoms with E-state index >= 15 is 0 Å². The zero-order chi connectivity index (χ0) is 15.6. The Morgan fingerprint density at radius 3 is 3.00 bits per heavy atom. The summed E-state index contributed by atoms with van der Waals surface area (Å²) in [5.41, 5.74) is 2.61. The van der Waals surface area contributed by atoms with Crippen molar-refractivity contribution in [2.45, 2.75) is 49.3 Å². The first kappa shape index (κ1) is 14.8. The lowest BCUT2D eigenvalue weighted by Gasteiger charge is -2.26. The van der Waals surface area contributed by atoms with Crippen LogP contribution in [0.15, 0.2) is 33.9 Å². The van der Waals surface area contributed by atoms with Crippen LogP contribution in [-0.4, -0.2) is 21.9 Å². The first-order valence-corrected chi connectivity index (χ1v) is 9.11. The second kappa shape index (κ2) is 6.35. The van der Waals surface area contributed by atoms with Crippen molar-refractivity contribution >= 4 is 17.7 Å². The van der Waals surface area contributed by atoms with Crippen molar-refractivity contribution in [2.75, 3.05) is 5.75 Å². The predicted octanol–water partition coefficient (Wildman–Crippen LogP) is 3.23. The van der Waals surface area contributed by atoms with Gasteiger partial charge in [-0.2, -0.15) is 0 Å². The van der Waals surface area contributed by atoms with E-state index in [9.17, 15) is 4.79 Å². The third-order valence-corrected chi connectivity index (χ3v) is 5.20. The van der Waals surface area contributed by atoms with Gasteiger partial charge in [-0.3, -0.25) is 4.79 Å². The van der Waals surface area contributed by atoms with Gasteiger partial charge >= 0.3 is 0 Å². The number of fused-ring (bicyclic) bond motifs is 1. The molecule has 5 nitrogen and oxygen atoms in total. The van der Waals surface area contributed by atoms with E-state index in [4.69, 9.17) is 4.42 Å². The van der Waals surface area contributed by atoms with Crippen LogP contribution in [-0.2, 0) is 11.2 Å². The van der Waals surface area contributed by atoms with E-state index in [1.54, 1.807) is 0 Å². The molecule has 1 aromatic heterocycles. The highest BCUT2D eigenvalue weighted by Gasteiger charge is 2.29. The zero-order valence-electron chi connectivity index (χ0n) is 12.8. The molecule has 0 saturated heterocycles. The van der Waals surface area contributed by atoms with Crippen molar-refractivity contribution in [3.63, 3.8) is 0 Å². The number of hydrogen-bond donors (Lipinski definition) is 1. The number of amides is 1. The van der Waals surface area contributed by atoms with Crippen LogP contribution in [0.2, 0.25) is 0 Å². The van der Waals surface area contributed by atoms with Gasteiger partial charge in [0.25, 0.3) is 5.22 Å². The van der Waals surface area contributed by atoms with Crippen molar-refractivity contribution in [1.82, 2.24) is 15.5 Å². The number of nitrogens with zero attached hydrogens (tertiary/aromatic N) is 2. The fraction of sp³-hybridized carbons (Fsp3) is 0.471. The van der Waals surface area contributed by atoms with Crippen molar-refractivity contribution in [3.8, 4) is 0 Å². The van der Waals surface area contributed by atoms with E-state index in [2.05, 4.69) is 33.7 Å². The van der Waals surface area contributed by atoms with Crippen LogP contribution in [0.1, 0.15) is 54.7 Å². The summed E-state index contributed by atoms with van der Waals surface area (Å²) >= 11 is 1.31. The molecule has 6 heteroatoms. The maximum Gasteiger partial charge on any atom is 0.277 e. The molecular formula is C17H19N3O2S. The molecule has 0 bridgehead atoms. The average Bonchev–Trinajstić information content (AvgIpc) is 3.32. The quantitative estimate of drug-likeness (QED) is 0.853. The Labute approximate surface area is 139 Å². The minimum Gasteiger partial charge on any atom is -0.416 e. The summed E-state index contributed by atoms with van der Waals surface area (Å²) in [6.07, 6.45) is 5.48. The van der Waals surface area contributed by atoms with E-state index in [1.807, 2.05) is 6.07 Å². The molecule has 1 heterocycles. The third-order valence-electron chi connectivity index (χ3n) is 4.38. The number of aromatic nitrogens is 2. The fourth-order valence-corrected chi connectivity index (χ4v) is 3.62. The summed E-state index contributed by atoms with van der Waals surface area (Å²) in [6, 6.07) is 8.49. The monoisotopic (exact) mass is 329 g/mol. The number of hydrogen-bond acceptors (Lipinski definition) is 5. The standard InChI is InChI=1S/C17H19N3O2S/c21-15(10-23-17-20-19-16(22-17)12-8-9-12)18-14-7-3-5-11-4-1-2-6-13(11)14/h1-2,4,6,12,14H,3,5,7-10H2,(H,18,21). The molecular weight excluding hydrogens is 310 g/mol. The Hall–Kier alpha value is -1.82. The largest absolute Gasteiger partial charge is 0.416 e. The molecule has 2 aliphatic rings. The molecule has 120 valence electrons. The summed E-state index contributed by atoms with van der Waals surface area (Å²) in [5, 5.41) is 11.7. The number of rotatable bonds is 5. The van der Waals surface area contributed by atoms with Crippen LogP contribution in [0.5, 0.6) is 0 Å². The van der Waals surface area contributed by atoms with Crippen molar-refractivity contribution in [3.05, 3.63) is 41.3 Å². The van der Waals surface area contributed by atoms with E-state index in [0.29, 0.717) is 22.8 Å². The summed E-state index contributed by atoms with van der Waals surface area (Å²) in [5.74, 6) is 1.49. The van der Waals surface area contributed by atoms with Gasteiger partial charge in [0.05, 0.1) is 11.8 Å². The van der Waals surface area contributed by atoms with Crippen LogP contribution in [0.25, 0.3) is 0 Å². The first-order chi connectivity index (χ1) is 11.3. The maximum absolute atomic E-state index is 12.2. The molecule has 1 amide bonds. The lowest BCUT2D eigenvalue weighted by atomic mass is 9.88. The molecule has 1 atom stereocenters. The SMILES string of the molecule is O=C(CSc1nnc(C2CC2)o1)NC1CCCc2ccccc21. The minimum absolute atomic E-state index is 0.0166. The molecule has 1 unspecified atom stereocenters. The summed E-state index contributed by atoms with van der Waals surface area (Å²) in [6.45, 7) is 0. The van der Waals surface area contributed by atoms with Crippen LogP contribution in [0.4, 0.5) is 0 Å². The van der Waals surface area contributed by atoms with Gasteiger partial charge in [0.1, 0.15) is 0 Å². The highest BCUT2D eigenvalue weighted by Crippen LogP contribution is 2.39.